The van der Waals surface area contributed by atoms with E-state index >= 15 is 0 Å². The highest BCUT2D eigenvalue weighted by Crippen LogP contribution is 2.31. The van der Waals surface area contributed by atoms with Gasteiger partial charge < -0.3 is 32.0 Å². The Morgan fingerprint density at radius 2 is 1.26 bits per heavy atom. The normalized spacial score (nSPS) is 17.6. The van der Waals surface area contributed by atoms with Crippen molar-refractivity contribution in [3.8, 4) is 23.0 Å². The van der Waals surface area contributed by atoms with Crippen LogP contribution in [0.15, 0.2) is 66.7 Å². The molecule has 176 valence electrons. The van der Waals surface area contributed by atoms with Gasteiger partial charge in [0.1, 0.15) is 23.0 Å². The first-order valence-corrected chi connectivity index (χ1v) is 11.2. The van der Waals surface area contributed by atoms with Gasteiger partial charge in [0, 0.05) is 35.0 Å². The molecule has 1 aliphatic carbocycles. The maximum Gasteiger partial charge on any atom is 0.251 e. The highest BCUT2D eigenvalue weighted by atomic mass is 16.5. The van der Waals surface area contributed by atoms with Gasteiger partial charge in [-0.1, -0.05) is 0 Å². The average molecular weight is 461 g/mol. The Kier molecular flexibility index (Phi) is 6.98. The van der Waals surface area contributed by atoms with Gasteiger partial charge in [-0.15, -0.1) is 0 Å². The third-order valence-electron chi connectivity index (χ3n) is 5.74. The Morgan fingerprint density at radius 1 is 0.735 bits per heavy atom. The zero-order chi connectivity index (χ0) is 24.1. The molecule has 1 saturated carbocycles. The average Bonchev–Trinajstić information content (AvgIpc) is 2.82. The molecule has 7 N–H and O–H groups in total. The fourth-order valence-electron chi connectivity index (χ4n) is 3.85. The van der Waals surface area contributed by atoms with Crippen molar-refractivity contribution in [2.75, 3.05) is 5.73 Å². The first-order valence-electron chi connectivity index (χ1n) is 11.2. The molecule has 0 aromatic heterocycles. The van der Waals surface area contributed by atoms with Crippen LogP contribution in [0.2, 0.25) is 0 Å². The number of carbonyl (C=O) groups is 2. The number of hydrogen-bond acceptors (Lipinski definition) is 6. The SMILES string of the molecule is NC(=O)c1ccc(Oc2cc(Oc3ccc(N)cc3)cc(C(=O)NC3CCC(N)CC3)c2)cc1. The quantitative estimate of drug-likeness (QED) is 0.393. The minimum atomic E-state index is -0.520. The molecule has 0 saturated heterocycles. The number of primary amides is 1. The molecule has 0 unspecified atom stereocenters. The van der Waals surface area contributed by atoms with Crippen LogP contribution in [0.4, 0.5) is 5.69 Å². The van der Waals surface area contributed by atoms with Gasteiger partial charge in [0.2, 0.25) is 5.91 Å². The van der Waals surface area contributed by atoms with Gasteiger partial charge in [0.25, 0.3) is 5.91 Å². The van der Waals surface area contributed by atoms with E-state index in [1.54, 1.807) is 66.7 Å². The van der Waals surface area contributed by atoms with E-state index in [4.69, 9.17) is 26.7 Å². The second-order valence-electron chi connectivity index (χ2n) is 8.44. The van der Waals surface area contributed by atoms with Crippen LogP contribution in [0.25, 0.3) is 0 Å². The van der Waals surface area contributed by atoms with Crippen LogP contribution >= 0.6 is 0 Å². The van der Waals surface area contributed by atoms with Crippen molar-refractivity contribution in [1.82, 2.24) is 5.32 Å². The Hall–Kier alpha value is -4.04. The molecule has 1 aliphatic rings. The van der Waals surface area contributed by atoms with Crippen molar-refractivity contribution in [1.29, 1.82) is 0 Å². The predicted octanol–water partition coefficient (Wildman–Crippen LogP) is 3.95. The van der Waals surface area contributed by atoms with E-state index in [2.05, 4.69) is 5.32 Å². The van der Waals surface area contributed by atoms with E-state index in [-0.39, 0.29) is 18.0 Å². The number of ether oxygens (including phenoxy) is 2. The standard InChI is InChI=1S/C26H28N4O4/c27-18-3-7-20(8-4-18)30-26(32)17-13-23(33-21-9-1-16(2-10-21)25(29)31)15-24(14-17)34-22-11-5-19(28)6-12-22/h1-2,5-6,9-15,18,20H,3-4,7-8,27-28H2,(H2,29,31)(H,30,32). The predicted molar refractivity (Wildman–Crippen MR) is 130 cm³/mol. The van der Waals surface area contributed by atoms with Gasteiger partial charge in [-0.3, -0.25) is 9.59 Å². The van der Waals surface area contributed by atoms with E-state index < -0.39 is 5.91 Å². The molecule has 0 aliphatic heterocycles. The molecular weight excluding hydrogens is 432 g/mol. The van der Waals surface area contributed by atoms with E-state index in [0.29, 0.717) is 39.8 Å². The number of nitrogens with one attached hydrogen (secondary N) is 1. The van der Waals surface area contributed by atoms with Crippen LogP contribution < -0.4 is 32.0 Å². The Balaban J connectivity index is 1.57. The molecule has 0 radical (unpaired) electrons. The molecule has 3 aromatic carbocycles. The van der Waals surface area contributed by atoms with Gasteiger partial charge in [0.05, 0.1) is 0 Å². The third-order valence-corrected chi connectivity index (χ3v) is 5.74. The molecule has 0 heterocycles. The van der Waals surface area contributed by atoms with Gasteiger partial charge in [-0.2, -0.15) is 0 Å². The van der Waals surface area contributed by atoms with Crippen molar-refractivity contribution in [3.05, 3.63) is 77.9 Å². The Bertz CT molecular complexity index is 1150. The summed E-state index contributed by atoms with van der Waals surface area (Å²) in [5, 5.41) is 3.09. The summed E-state index contributed by atoms with van der Waals surface area (Å²) in [7, 11) is 0. The van der Waals surface area contributed by atoms with Gasteiger partial charge in [-0.25, -0.2) is 0 Å². The number of benzene rings is 3. The lowest BCUT2D eigenvalue weighted by molar-refractivity contribution is 0.0924. The number of amides is 2. The van der Waals surface area contributed by atoms with Crippen molar-refractivity contribution in [2.24, 2.45) is 11.5 Å². The molecule has 8 nitrogen and oxygen atoms in total. The minimum absolute atomic E-state index is 0.0830. The number of rotatable bonds is 7. The number of carbonyl (C=O) groups excluding carboxylic acids is 2. The van der Waals surface area contributed by atoms with E-state index in [1.165, 1.54) is 0 Å². The molecule has 1 fully saturated rings. The monoisotopic (exact) mass is 460 g/mol. The summed E-state index contributed by atoms with van der Waals surface area (Å²) in [5.74, 6) is 1.18. The second kappa shape index (κ2) is 10.3. The summed E-state index contributed by atoms with van der Waals surface area (Å²) >= 11 is 0. The lowest BCUT2D eigenvalue weighted by atomic mass is 9.91. The summed E-state index contributed by atoms with van der Waals surface area (Å²) in [4.78, 5) is 24.4. The van der Waals surface area contributed by atoms with Crippen LogP contribution in [0.5, 0.6) is 23.0 Å². The highest BCUT2D eigenvalue weighted by Gasteiger charge is 2.21. The highest BCUT2D eigenvalue weighted by molar-refractivity contribution is 5.95. The Morgan fingerprint density at radius 3 is 1.79 bits per heavy atom. The molecule has 3 aromatic rings. The number of nitrogens with two attached hydrogens (primary N) is 3. The molecule has 2 amide bonds. The summed E-state index contributed by atoms with van der Waals surface area (Å²) in [6, 6.07) is 18.7. The minimum Gasteiger partial charge on any atom is -0.457 e. The number of hydrogen-bond donors (Lipinski definition) is 4. The van der Waals surface area contributed by atoms with Crippen LogP contribution in [-0.2, 0) is 0 Å². The maximum absolute atomic E-state index is 13.0. The largest absolute Gasteiger partial charge is 0.457 e. The molecule has 0 bridgehead atoms. The van der Waals surface area contributed by atoms with Gasteiger partial charge in [0.15, 0.2) is 0 Å². The lowest BCUT2D eigenvalue weighted by Gasteiger charge is -2.26. The van der Waals surface area contributed by atoms with E-state index in [0.717, 1.165) is 25.7 Å². The van der Waals surface area contributed by atoms with Crippen molar-refractivity contribution < 1.29 is 19.1 Å². The zero-order valence-corrected chi connectivity index (χ0v) is 18.7. The molecule has 4 rings (SSSR count). The maximum atomic E-state index is 13.0. The number of anilines is 1. The first-order chi connectivity index (χ1) is 16.4. The van der Waals surface area contributed by atoms with Crippen LogP contribution in [0.3, 0.4) is 0 Å². The smallest absolute Gasteiger partial charge is 0.251 e. The molecule has 0 spiro atoms. The molecular formula is C26H28N4O4. The number of nitrogen functional groups attached to an aromatic ring is 1. The second-order valence-corrected chi connectivity index (χ2v) is 8.44. The third kappa shape index (κ3) is 6.05. The fourth-order valence-corrected chi connectivity index (χ4v) is 3.85. The van der Waals surface area contributed by atoms with Crippen LogP contribution in [-0.4, -0.2) is 23.9 Å². The summed E-state index contributed by atoms with van der Waals surface area (Å²) in [6.45, 7) is 0. The summed E-state index contributed by atoms with van der Waals surface area (Å²) < 4.78 is 11.9. The van der Waals surface area contributed by atoms with Crippen LogP contribution in [0, 0.1) is 0 Å². The molecule has 34 heavy (non-hydrogen) atoms. The van der Waals surface area contributed by atoms with Crippen molar-refractivity contribution in [3.63, 3.8) is 0 Å². The van der Waals surface area contributed by atoms with Crippen LogP contribution in [0.1, 0.15) is 46.4 Å². The van der Waals surface area contributed by atoms with Gasteiger partial charge >= 0.3 is 0 Å². The van der Waals surface area contributed by atoms with Crippen molar-refractivity contribution in [2.45, 2.75) is 37.8 Å². The van der Waals surface area contributed by atoms with Gasteiger partial charge in [-0.05, 0) is 86.3 Å². The summed E-state index contributed by atoms with van der Waals surface area (Å²) in [6.07, 6.45) is 3.48. The zero-order valence-electron chi connectivity index (χ0n) is 18.7. The lowest BCUT2D eigenvalue weighted by Crippen LogP contribution is -2.40. The fraction of sp³-hybridized carbons (Fsp3) is 0.231. The molecule has 8 heteroatoms. The van der Waals surface area contributed by atoms with Crippen molar-refractivity contribution >= 4 is 17.5 Å². The van der Waals surface area contributed by atoms with E-state index in [9.17, 15) is 9.59 Å². The summed E-state index contributed by atoms with van der Waals surface area (Å²) in [5.41, 5.74) is 18.4. The first kappa shape index (κ1) is 23.1. The molecule has 0 atom stereocenters. The van der Waals surface area contributed by atoms with E-state index in [1.807, 2.05) is 0 Å². The Labute approximate surface area is 198 Å². The topological polar surface area (TPSA) is 143 Å².